The van der Waals surface area contributed by atoms with Crippen LogP contribution in [-0.4, -0.2) is 38.6 Å². The van der Waals surface area contributed by atoms with Crippen molar-refractivity contribution in [1.29, 1.82) is 0 Å². The Hall–Kier alpha value is -2.86. The van der Waals surface area contributed by atoms with E-state index in [-0.39, 0.29) is 17.7 Å². The summed E-state index contributed by atoms with van der Waals surface area (Å²) in [6, 6.07) is 14.5. The smallest absolute Gasteiger partial charge is 0.251 e. The fourth-order valence-electron chi connectivity index (χ4n) is 3.11. The number of amides is 2. The van der Waals surface area contributed by atoms with Gasteiger partial charge in [0.1, 0.15) is 18.3 Å². The highest BCUT2D eigenvalue weighted by Crippen LogP contribution is 2.13. The molecule has 0 heterocycles. The normalized spacial score (nSPS) is 12.0. The predicted octanol–water partition coefficient (Wildman–Crippen LogP) is 1.80. The van der Waals surface area contributed by atoms with Gasteiger partial charge in [-0.2, -0.15) is 0 Å². The second kappa shape index (κ2) is 11.4. The third-order valence-electron chi connectivity index (χ3n) is 4.71. The zero-order valence-electron chi connectivity index (χ0n) is 18.6. The molecule has 0 aliphatic rings. The van der Waals surface area contributed by atoms with E-state index >= 15 is 0 Å². The SMILES string of the molecule is CCOc1ccc(C(=O)N[C@H](C(=O)NCc2ccc(C[NH+](C)C)cc2)C(C)C)cc1. The lowest BCUT2D eigenvalue weighted by Gasteiger charge is -2.22. The lowest BCUT2D eigenvalue weighted by molar-refractivity contribution is -0.872. The third-order valence-corrected chi connectivity index (χ3v) is 4.71. The van der Waals surface area contributed by atoms with Crippen LogP contribution in [0.5, 0.6) is 5.75 Å². The molecule has 0 saturated heterocycles. The highest BCUT2D eigenvalue weighted by Gasteiger charge is 2.24. The summed E-state index contributed by atoms with van der Waals surface area (Å²) in [5, 5.41) is 5.80. The highest BCUT2D eigenvalue weighted by molar-refractivity contribution is 5.97. The molecule has 2 rings (SSSR count). The number of rotatable bonds is 10. The number of ether oxygens (including phenoxy) is 1. The van der Waals surface area contributed by atoms with Gasteiger partial charge in [-0.25, -0.2) is 0 Å². The quantitative estimate of drug-likeness (QED) is 0.557. The van der Waals surface area contributed by atoms with Crippen LogP contribution in [0.4, 0.5) is 0 Å². The molecule has 30 heavy (non-hydrogen) atoms. The van der Waals surface area contributed by atoms with Crippen LogP contribution in [0.25, 0.3) is 0 Å². The van der Waals surface area contributed by atoms with E-state index in [1.165, 1.54) is 10.5 Å². The Morgan fingerprint density at radius 2 is 1.57 bits per heavy atom. The zero-order valence-corrected chi connectivity index (χ0v) is 18.6. The summed E-state index contributed by atoms with van der Waals surface area (Å²) in [5.41, 5.74) is 2.78. The predicted molar refractivity (Wildman–Crippen MR) is 119 cm³/mol. The molecule has 0 aromatic heterocycles. The van der Waals surface area contributed by atoms with Gasteiger partial charge in [-0.3, -0.25) is 9.59 Å². The first kappa shape index (κ1) is 23.4. The van der Waals surface area contributed by atoms with Gasteiger partial charge in [0.2, 0.25) is 5.91 Å². The molecule has 0 fully saturated rings. The number of quaternary nitrogens is 1. The van der Waals surface area contributed by atoms with E-state index in [0.717, 1.165) is 12.1 Å². The molecule has 0 spiro atoms. The molecule has 0 saturated carbocycles. The van der Waals surface area contributed by atoms with E-state index in [1.54, 1.807) is 24.3 Å². The Labute approximate surface area is 179 Å². The standard InChI is InChI=1S/C24H33N3O3/c1-6-30-21-13-11-20(12-14-21)23(28)26-22(17(2)3)24(29)25-15-18-7-9-19(10-8-18)16-27(4)5/h7-14,17,22H,6,15-16H2,1-5H3,(H,25,29)(H,26,28)/p+1/t22-/m0/s1. The van der Waals surface area contributed by atoms with Gasteiger partial charge in [-0.05, 0) is 42.7 Å². The van der Waals surface area contributed by atoms with Gasteiger partial charge < -0.3 is 20.3 Å². The minimum atomic E-state index is -0.610. The lowest BCUT2D eigenvalue weighted by Crippen LogP contribution is -3.04. The fraction of sp³-hybridized carbons (Fsp3) is 0.417. The second-order valence-electron chi connectivity index (χ2n) is 8.07. The third kappa shape index (κ3) is 7.19. The van der Waals surface area contributed by atoms with Crippen LogP contribution >= 0.6 is 0 Å². The van der Waals surface area contributed by atoms with Crippen LogP contribution in [0.2, 0.25) is 0 Å². The van der Waals surface area contributed by atoms with Crippen molar-refractivity contribution in [3.8, 4) is 5.75 Å². The molecular formula is C24H34N3O3+. The van der Waals surface area contributed by atoms with Crippen LogP contribution in [-0.2, 0) is 17.9 Å². The molecule has 0 aliphatic heterocycles. The van der Waals surface area contributed by atoms with Crippen molar-refractivity contribution in [3.63, 3.8) is 0 Å². The summed E-state index contributed by atoms with van der Waals surface area (Å²) >= 11 is 0. The molecule has 3 N–H and O–H groups in total. The Morgan fingerprint density at radius 3 is 2.10 bits per heavy atom. The van der Waals surface area contributed by atoms with Gasteiger partial charge in [0, 0.05) is 17.7 Å². The van der Waals surface area contributed by atoms with Crippen molar-refractivity contribution in [3.05, 3.63) is 65.2 Å². The van der Waals surface area contributed by atoms with Gasteiger partial charge in [0.25, 0.3) is 5.91 Å². The summed E-state index contributed by atoms with van der Waals surface area (Å²) in [6.07, 6.45) is 0. The minimum Gasteiger partial charge on any atom is -0.494 e. The van der Waals surface area contributed by atoms with Crippen molar-refractivity contribution in [2.75, 3.05) is 20.7 Å². The van der Waals surface area contributed by atoms with Gasteiger partial charge in [-0.15, -0.1) is 0 Å². The Kier molecular flexibility index (Phi) is 8.87. The number of carbonyl (C=O) groups is 2. The summed E-state index contributed by atoms with van der Waals surface area (Å²) < 4.78 is 5.40. The molecule has 0 aliphatic carbocycles. The van der Waals surface area contributed by atoms with E-state index < -0.39 is 6.04 Å². The van der Waals surface area contributed by atoms with Gasteiger partial charge in [-0.1, -0.05) is 38.1 Å². The van der Waals surface area contributed by atoms with Crippen LogP contribution in [0, 0.1) is 5.92 Å². The Bertz CT molecular complexity index is 815. The number of carbonyl (C=O) groups excluding carboxylic acids is 2. The average Bonchev–Trinajstić information content (AvgIpc) is 2.71. The maximum atomic E-state index is 12.7. The van der Waals surface area contributed by atoms with Gasteiger partial charge in [0.15, 0.2) is 0 Å². The molecule has 162 valence electrons. The minimum absolute atomic E-state index is 0.0397. The molecule has 0 bridgehead atoms. The van der Waals surface area contributed by atoms with Crippen molar-refractivity contribution in [1.82, 2.24) is 10.6 Å². The largest absolute Gasteiger partial charge is 0.494 e. The number of hydrogen-bond donors (Lipinski definition) is 3. The molecular weight excluding hydrogens is 378 g/mol. The summed E-state index contributed by atoms with van der Waals surface area (Å²) in [7, 11) is 4.23. The number of benzene rings is 2. The molecule has 6 heteroatoms. The Morgan fingerprint density at radius 1 is 0.967 bits per heavy atom. The molecule has 2 aromatic carbocycles. The van der Waals surface area contributed by atoms with E-state index in [1.807, 2.05) is 32.9 Å². The lowest BCUT2D eigenvalue weighted by atomic mass is 10.0. The van der Waals surface area contributed by atoms with Crippen LogP contribution < -0.4 is 20.3 Å². The molecule has 2 aromatic rings. The maximum absolute atomic E-state index is 12.7. The first-order chi connectivity index (χ1) is 14.3. The van der Waals surface area contributed by atoms with E-state index in [0.29, 0.717) is 24.5 Å². The first-order valence-electron chi connectivity index (χ1n) is 10.5. The maximum Gasteiger partial charge on any atom is 0.251 e. The molecule has 2 amide bonds. The van der Waals surface area contributed by atoms with Gasteiger partial charge >= 0.3 is 0 Å². The zero-order chi connectivity index (χ0) is 22.1. The van der Waals surface area contributed by atoms with E-state index in [9.17, 15) is 9.59 Å². The Balaban J connectivity index is 1.94. The number of hydrogen-bond acceptors (Lipinski definition) is 3. The summed E-state index contributed by atoms with van der Waals surface area (Å²) in [6.45, 7) is 7.70. The number of nitrogens with one attached hydrogen (secondary N) is 3. The average molecular weight is 413 g/mol. The van der Waals surface area contributed by atoms with Crippen LogP contribution in [0.3, 0.4) is 0 Å². The van der Waals surface area contributed by atoms with Crippen LogP contribution in [0.1, 0.15) is 42.3 Å². The van der Waals surface area contributed by atoms with Crippen LogP contribution in [0.15, 0.2) is 48.5 Å². The molecule has 1 atom stereocenters. The van der Waals surface area contributed by atoms with Crippen molar-refractivity contribution in [2.24, 2.45) is 5.92 Å². The summed E-state index contributed by atoms with van der Waals surface area (Å²) in [4.78, 5) is 26.7. The first-order valence-corrected chi connectivity index (χ1v) is 10.5. The summed E-state index contributed by atoms with van der Waals surface area (Å²) in [5.74, 6) is 0.209. The van der Waals surface area contributed by atoms with Gasteiger partial charge in [0.05, 0.1) is 20.7 Å². The molecule has 0 unspecified atom stereocenters. The van der Waals surface area contributed by atoms with E-state index in [4.69, 9.17) is 4.74 Å². The molecule has 0 radical (unpaired) electrons. The topological polar surface area (TPSA) is 71.9 Å². The van der Waals surface area contributed by atoms with Crippen molar-refractivity contribution >= 4 is 11.8 Å². The second-order valence-corrected chi connectivity index (χ2v) is 8.07. The highest BCUT2D eigenvalue weighted by atomic mass is 16.5. The fourth-order valence-corrected chi connectivity index (χ4v) is 3.11. The van der Waals surface area contributed by atoms with Crippen molar-refractivity contribution in [2.45, 2.75) is 39.9 Å². The monoisotopic (exact) mass is 412 g/mol. The molecule has 6 nitrogen and oxygen atoms in total. The van der Waals surface area contributed by atoms with Crippen molar-refractivity contribution < 1.29 is 19.2 Å². The van der Waals surface area contributed by atoms with E-state index in [2.05, 4.69) is 36.9 Å².